The minimum atomic E-state index is 0.295. The van der Waals surface area contributed by atoms with Gasteiger partial charge < -0.3 is 5.73 Å². The molecule has 0 bridgehead atoms. The molecule has 0 atom stereocenters. The van der Waals surface area contributed by atoms with Crippen molar-refractivity contribution >= 4 is 28.4 Å². The van der Waals surface area contributed by atoms with Gasteiger partial charge in [0.05, 0.1) is 11.4 Å². The van der Waals surface area contributed by atoms with Crippen molar-refractivity contribution in [2.24, 2.45) is 0 Å². The fraction of sp³-hybridized carbons (Fsp3) is 0.333. The van der Waals surface area contributed by atoms with Crippen LogP contribution in [0.1, 0.15) is 31.0 Å². The number of hydrogen-bond acceptors (Lipinski definition) is 3. The molecule has 0 aliphatic carbocycles. The van der Waals surface area contributed by atoms with Gasteiger partial charge in [0.15, 0.2) is 5.82 Å². The topological polar surface area (TPSA) is 56.7 Å². The number of nitrogens with two attached hydrogens (primary N) is 1. The third-order valence-corrected chi connectivity index (χ3v) is 3.84. The summed E-state index contributed by atoms with van der Waals surface area (Å²) in [5.41, 5.74) is 9.08. The van der Waals surface area contributed by atoms with Crippen LogP contribution in [0, 0.1) is 10.5 Å². The van der Waals surface area contributed by atoms with E-state index in [1.165, 1.54) is 9.13 Å². The van der Waals surface area contributed by atoms with Crippen LogP contribution in [0.25, 0.3) is 5.69 Å². The number of aromatic nitrogens is 3. The van der Waals surface area contributed by atoms with Crippen molar-refractivity contribution in [3.8, 4) is 5.69 Å². The Morgan fingerprint density at radius 1 is 1.35 bits per heavy atom. The van der Waals surface area contributed by atoms with Gasteiger partial charge in [-0.3, -0.25) is 0 Å². The highest BCUT2D eigenvalue weighted by Crippen LogP contribution is 2.24. The molecule has 0 aliphatic rings. The van der Waals surface area contributed by atoms with E-state index in [0.29, 0.717) is 11.7 Å². The van der Waals surface area contributed by atoms with Gasteiger partial charge in [-0.1, -0.05) is 25.1 Å². The number of hydrogen-bond donors (Lipinski definition) is 1. The van der Waals surface area contributed by atoms with Crippen molar-refractivity contribution in [3.63, 3.8) is 0 Å². The first-order valence-corrected chi connectivity index (χ1v) is 6.56. The molecule has 1 aromatic carbocycles. The Bertz CT molecular complexity index is 545. The van der Waals surface area contributed by atoms with Gasteiger partial charge in [-0.05, 0) is 53.1 Å². The molecular formula is C12H15IN4. The maximum absolute atomic E-state index is 5.85. The van der Waals surface area contributed by atoms with Crippen molar-refractivity contribution in [1.29, 1.82) is 0 Å². The molecule has 0 amide bonds. The van der Waals surface area contributed by atoms with Gasteiger partial charge in [0, 0.05) is 3.57 Å². The lowest BCUT2D eigenvalue weighted by atomic mass is 10.1. The summed E-state index contributed by atoms with van der Waals surface area (Å²) in [5, 5.41) is 8.07. The summed E-state index contributed by atoms with van der Waals surface area (Å²) in [7, 11) is 0. The molecule has 5 heteroatoms. The van der Waals surface area contributed by atoms with Crippen LogP contribution in [-0.4, -0.2) is 15.0 Å². The van der Waals surface area contributed by atoms with E-state index in [9.17, 15) is 0 Å². The Hall–Kier alpha value is -1.11. The van der Waals surface area contributed by atoms with Crippen LogP contribution in [0.5, 0.6) is 0 Å². The molecule has 0 aliphatic heterocycles. The van der Waals surface area contributed by atoms with Gasteiger partial charge >= 0.3 is 0 Å². The monoisotopic (exact) mass is 342 g/mol. The molecule has 0 saturated heterocycles. The average molecular weight is 342 g/mol. The maximum Gasteiger partial charge on any atom is 0.169 e. The molecule has 2 aromatic rings. The number of halogens is 1. The lowest BCUT2D eigenvalue weighted by molar-refractivity contribution is 0.715. The summed E-state index contributed by atoms with van der Waals surface area (Å²) in [4.78, 5) is 0. The second-order valence-corrected chi connectivity index (χ2v) is 5.52. The van der Waals surface area contributed by atoms with E-state index >= 15 is 0 Å². The lowest BCUT2D eigenvalue weighted by Gasteiger charge is -2.10. The highest BCUT2D eigenvalue weighted by atomic mass is 127. The Morgan fingerprint density at radius 2 is 2.06 bits per heavy atom. The van der Waals surface area contributed by atoms with Gasteiger partial charge in [0.25, 0.3) is 0 Å². The molecule has 0 fully saturated rings. The first kappa shape index (κ1) is 12.3. The molecular weight excluding hydrogens is 327 g/mol. The number of rotatable bonds is 2. The quantitative estimate of drug-likeness (QED) is 0.854. The van der Waals surface area contributed by atoms with Gasteiger partial charge in [-0.15, -0.1) is 5.10 Å². The molecule has 0 saturated carbocycles. The predicted molar refractivity (Wildman–Crippen MR) is 77.3 cm³/mol. The highest BCUT2D eigenvalue weighted by molar-refractivity contribution is 14.1. The number of nitrogen functional groups attached to an aromatic ring is 1. The van der Waals surface area contributed by atoms with Crippen LogP contribution >= 0.6 is 22.6 Å². The Morgan fingerprint density at radius 3 is 2.65 bits per heavy atom. The molecule has 90 valence electrons. The van der Waals surface area contributed by atoms with E-state index in [1.807, 2.05) is 10.7 Å². The molecule has 4 nitrogen and oxygen atoms in total. The molecule has 0 unspecified atom stereocenters. The second-order valence-electron chi connectivity index (χ2n) is 4.36. The highest BCUT2D eigenvalue weighted by Gasteiger charge is 2.15. The van der Waals surface area contributed by atoms with Gasteiger partial charge in [-0.2, -0.15) is 0 Å². The molecule has 2 rings (SSSR count). The van der Waals surface area contributed by atoms with E-state index < -0.39 is 0 Å². The zero-order valence-electron chi connectivity index (χ0n) is 10.1. The lowest BCUT2D eigenvalue weighted by Crippen LogP contribution is -2.05. The SMILES string of the molecule is Cc1ccc(-n2nnc(N)c2C(C)C)cc1I. The van der Waals surface area contributed by atoms with Crippen molar-refractivity contribution in [2.45, 2.75) is 26.7 Å². The molecule has 1 heterocycles. The molecule has 0 spiro atoms. The molecule has 0 radical (unpaired) electrons. The first-order valence-electron chi connectivity index (χ1n) is 5.48. The summed E-state index contributed by atoms with van der Waals surface area (Å²) in [5.74, 6) is 0.805. The largest absolute Gasteiger partial charge is 0.381 e. The fourth-order valence-corrected chi connectivity index (χ4v) is 2.24. The minimum Gasteiger partial charge on any atom is -0.381 e. The van der Waals surface area contributed by atoms with E-state index in [1.54, 1.807) is 0 Å². The van der Waals surface area contributed by atoms with Crippen molar-refractivity contribution < 1.29 is 0 Å². The Balaban J connectivity index is 2.56. The number of benzene rings is 1. The van der Waals surface area contributed by atoms with Crippen LogP contribution in [0.15, 0.2) is 18.2 Å². The first-order chi connectivity index (χ1) is 8.00. The van der Waals surface area contributed by atoms with Gasteiger partial charge in [-0.25, -0.2) is 4.68 Å². The zero-order valence-corrected chi connectivity index (χ0v) is 12.3. The fourth-order valence-electron chi connectivity index (χ4n) is 1.75. The maximum atomic E-state index is 5.85. The van der Waals surface area contributed by atoms with E-state index in [2.05, 4.69) is 65.8 Å². The number of anilines is 1. The van der Waals surface area contributed by atoms with Crippen LogP contribution in [0.2, 0.25) is 0 Å². The smallest absolute Gasteiger partial charge is 0.169 e. The zero-order chi connectivity index (χ0) is 12.6. The van der Waals surface area contributed by atoms with E-state index in [-0.39, 0.29) is 0 Å². The van der Waals surface area contributed by atoms with Crippen molar-refractivity contribution in [3.05, 3.63) is 33.0 Å². The van der Waals surface area contributed by atoms with Gasteiger partial charge in [0.1, 0.15) is 0 Å². The van der Waals surface area contributed by atoms with E-state index in [4.69, 9.17) is 5.73 Å². The second kappa shape index (κ2) is 4.64. The summed E-state index contributed by atoms with van der Waals surface area (Å²) < 4.78 is 3.03. The summed E-state index contributed by atoms with van der Waals surface area (Å²) in [6.07, 6.45) is 0. The Labute approximate surface area is 114 Å². The molecule has 1 aromatic heterocycles. The van der Waals surface area contributed by atoms with Crippen LogP contribution in [-0.2, 0) is 0 Å². The van der Waals surface area contributed by atoms with Crippen LogP contribution < -0.4 is 5.73 Å². The van der Waals surface area contributed by atoms with Crippen LogP contribution in [0.3, 0.4) is 0 Å². The predicted octanol–water partition coefficient (Wildman–Crippen LogP) is 2.89. The average Bonchev–Trinajstić information content (AvgIpc) is 2.64. The standard InChI is InChI=1S/C12H15IN4/c1-7(2)11-12(14)15-16-17(11)9-5-4-8(3)10(13)6-9/h4-7H,14H2,1-3H3. The number of aryl methyl sites for hydroxylation is 1. The normalized spacial score (nSPS) is 11.1. The third-order valence-electron chi connectivity index (χ3n) is 2.68. The van der Waals surface area contributed by atoms with Crippen molar-refractivity contribution in [2.75, 3.05) is 5.73 Å². The third kappa shape index (κ3) is 2.29. The minimum absolute atomic E-state index is 0.295. The molecule has 17 heavy (non-hydrogen) atoms. The summed E-state index contributed by atoms with van der Waals surface area (Å²) in [6.45, 7) is 6.26. The van der Waals surface area contributed by atoms with Gasteiger partial charge in [0.2, 0.25) is 0 Å². The van der Waals surface area contributed by atoms with E-state index in [0.717, 1.165) is 11.4 Å². The van der Waals surface area contributed by atoms with Crippen molar-refractivity contribution in [1.82, 2.24) is 15.0 Å². The molecule has 2 N–H and O–H groups in total. The summed E-state index contributed by atoms with van der Waals surface area (Å²) in [6, 6.07) is 6.21. The number of nitrogens with zero attached hydrogens (tertiary/aromatic N) is 3. The van der Waals surface area contributed by atoms with Crippen LogP contribution in [0.4, 0.5) is 5.82 Å². The Kier molecular flexibility index (Phi) is 3.37. The summed E-state index contributed by atoms with van der Waals surface area (Å²) >= 11 is 2.32.